The van der Waals surface area contributed by atoms with Crippen LogP contribution >= 0.6 is 0 Å². The molecule has 0 amide bonds. The van der Waals surface area contributed by atoms with Gasteiger partial charge in [-0.15, -0.1) is 0 Å². The van der Waals surface area contributed by atoms with Gasteiger partial charge in [-0.3, -0.25) is 0 Å². The summed E-state index contributed by atoms with van der Waals surface area (Å²) in [5.74, 6) is 0.368. The van der Waals surface area contributed by atoms with Crippen LogP contribution in [0.3, 0.4) is 0 Å². The monoisotopic (exact) mass is 288 g/mol. The Morgan fingerprint density at radius 3 is 1.45 bits per heavy atom. The third kappa shape index (κ3) is 4.35. The molecule has 0 fully saturated rings. The van der Waals surface area contributed by atoms with Crippen molar-refractivity contribution in [2.45, 2.75) is 6.92 Å². The van der Waals surface area contributed by atoms with E-state index in [0.717, 1.165) is 11.1 Å². The maximum Gasteiger partial charge on any atom is 0.118 e. The van der Waals surface area contributed by atoms with Gasteiger partial charge in [-0.1, -0.05) is 85.4 Å². The molecule has 0 saturated heterocycles. The molecule has 0 spiro atoms. The van der Waals surface area contributed by atoms with Crippen molar-refractivity contribution in [3.63, 3.8) is 0 Å². The summed E-state index contributed by atoms with van der Waals surface area (Å²) in [7, 11) is 0. The predicted octanol–water partition coefficient (Wildman–Crippen LogP) is 5.45. The number of aromatic hydroxyl groups is 1. The van der Waals surface area contributed by atoms with Gasteiger partial charge in [-0.2, -0.15) is 0 Å². The van der Waals surface area contributed by atoms with Crippen molar-refractivity contribution in [2.24, 2.45) is 0 Å². The molecule has 0 aliphatic rings. The van der Waals surface area contributed by atoms with Gasteiger partial charge < -0.3 is 5.11 Å². The highest BCUT2D eigenvalue weighted by Gasteiger charge is 1.99. The molecule has 3 aromatic carbocycles. The normalized spacial score (nSPS) is 9.50. The second-order valence-electron chi connectivity index (χ2n) is 5.00. The summed E-state index contributed by atoms with van der Waals surface area (Å²) in [6.07, 6.45) is 0. The summed E-state index contributed by atoms with van der Waals surface area (Å²) in [6.45, 7) is 5.97. The minimum atomic E-state index is 0.368. The zero-order chi connectivity index (χ0) is 15.8. The summed E-state index contributed by atoms with van der Waals surface area (Å²) in [6, 6.07) is 27.7. The highest BCUT2D eigenvalue weighted by molar-refractivity contribution is 5.77. The highest BCUT2D eigenvalue weighted by Crippen LogP contribution is 2.20. The number of hydrogen-bond acceptors (Lipinski definition) is 1. The van der Waals surface area contributed by atoms with Gasteiger partial charge in [-0.05, 0) is 35.3 Å². The van der Waals surface area contributed by atoms with Gasteiger partial charge in [0.1, 0.15) is 5.75 Å². The van der Waals surface area contributed by atoms with Crippen LogP contribution in [0.25, 0.3) is 5.57 Å². The third-order valence-electron chi connectivity index (χ3n) is 3.36. The van der Waals surface area contributed by atoms with E-state index in [0.29, 0.717) is 5.75 Å². The lowest BCUT2D eigenvalue weighted by atomic mass is 10.0. The minimum Gasteiger partial charge on any atom is -0.508 e. The lowest BCUT2D eigenvalue weighted by Gasteiger charge is -2.04. The SMILES string of the molecule is C=C(c1ccccc1)c1ccccc1.Cc1ccccc1O. The second-order valence-corrected chi connectivity index (χ2v) is 5.00. The van der Waals surface area contributed by atoms with E-state index >= 15 is 0 Å². The van der Waals surface area contributed by atoms with Gasteiger partial charge in [0.25, 0.3) is 0 Å². The van der Waals surface area contributed by atoms with E-state index in [2.05, 4.69) is 30.8 Å². The average molecular weight is 288 g/mol. The minimum absolute atomic E-state index is 0.368. The van der Waals surface area contributed by atoms with Gasteiger partial charge in [-0.25, -0.2) is 0 Å². The first-order valence-corrected chi connectivity index (χ1v) is 7.23. The van der Waals surface area contributed by atoms with E-state index in [-0.39, 0.29) is 0 Å². The number of phenols is 1. The molecule has 0 aliphatic carbocycles. The molecular formula is C21H20O. The molecule has 0 unspecified atom stereocenters. The summed E-state index contributed by atoms with van der Waals surface area (Å²) in [4.78, 5) is 0. The molecule has 1 heteroatoms. The van der Waals surface area contributed by atoms with E-state index in [1.807, 2.05) is 61.5 Å². The molecule has 22 heavy (non-hydrogen) atoms. The fraction of sp³-hybridized carbons (Fsp3) is 0.0476. The van der Waals surface area contributed by atoms with Gasteiger partial charge in [0.2, 0.25) is 0 Å². The Morgan fingerprint density at radius 1 is 0.682 bits per heavy atom. The topological polar surface area (TPSA) is 20.2 Å². The van der Waals surface area contributed by atoms with E-state index < -0.39 is 0 Å². The predicted molar refractivity (Wildman–Crippen MR) is 93.9 cm³/mol. The third-order valence-corrected chi connectivity index (χ3v) is 3.36. The van der Waals surface area contributed by atoms with Crippen molar-refractivity contribution in [2.75, 3.05) is 0 Å². The Hall–Kier alpha value is -2.80. The lowest BCUT2D eigenvalue weighted by Crippen LogP contribution is -1.84. The Morgan fingerprint density at radius 2 is 1.09 bits per heavy atom. The second kappa shape index (κ2) is 7.84. The molecule has 0 saturated carbocycles. The van der Waals surface area contributed by atoms with Crippen molar-refractivity contribution in [3.8, 4) is 5.75 Å². The maximum absolute atomic E-state index is 8.92. The van der Waals surface area contributed by atoms with Crippen LogP contribution < -0.4 is 0 Å². The van der Waals surface area contributed by atoms with Gasteiger partial charge in [0.05, 0.1) is 0 Å². The number of phenolic OH excluding ortho intramolecular Hbond substituents is 1. The van der Waals surface area contributed by atoms with Crippen LogP contribution in [0.4, 0.5) is 0 Å². The lowest BCUT2D eigenvalue weighted by molar-refractivity contribution is 0.471. The van der Waals surface area contributed by atoms with Crippen molar-refractivity contribution in [1.29, 1.82) is 0 Å². The first-order chi connectivity index (χ1) is 10.7. The molecule has 0 heterocycles. The van der Waals surface area contributed by atoms with Crippen LogP contribution in [0, 0.1) is 6.92 Å². The van der Waals surface area contributed by atoms with Crippen LogP contribution in [0.1, 0.15) is 16.7 Å². The standard InChI is InChI=1S/C14H12.C7H8O/c1-12(13-8-4-2-5-9-13)14-10-6-3-7-11-14;1-6-4-2-3-5-7(6)8/h2-11H,1H2;2-5,8H,1H3. The van der Waals surface area contributed by atoms with Crippen LogP contribution in [0.5, 0.6) is 5.75 Å². The zero-order valence-corrected chi connectivity index (χ0v) is 12.7. The quantitative estimate of drug-likeness (QED) is 0.665. The van der Waals surface area contributed by atoms with Crippen molar-refractivity contribution >= 4 is 5.57 Å². The Bertz CT molecular complexity index is 653. The fourth-order valence-corrected chi connectivity index (χ4v) is 2.01. The summed E-state index contributed by atoms with van der Waals surface area (Å²) >= 11 is 0. The van der Waals surface area contributed by atoms with Gasteiger partial charge in [0.15, 0.2) is 0 Å². The first kappa shape index (κ1) is 15.6. The number of rotatable bonds is 2. The molecule has 110 valence electrons. The number of aryl methyl sites for hydroxylation is 1. The van der Waals surface area contributed by atoms with Crippen molar-refractivity contribution < 1.29 is 5.11 Å². The van der Waals surface area contributed by atoms with Crippen LogP contribution in [0.15, 0.2) is 91.5 Å². The Balaban J connectivity index is 0.000000188. The molecule has 0 aliphatic heterocycles. The van der Waals surface area contributed by atoms with Gasteiger partial charge in [0, 0.05) is 0 Å². The molecular weight excluding hydrogens is 268 g/mol. The van der Waals surface area contributed by atoms with E-state index in [4.69, 9.17) is 5.11 Å². The number of benzene rings is 3. The average Bonchev–Trinajstić information content (AvgIpc) is 2.59. The maximum atomic E-state index is 8.92. The largest absolute Gasteiger partial charge is 0.508 e. The van der Waals surface area contributed by atoms with Gasteiger partial charge >= 0.3 is 0 Å². The van der Waals surface area contributed by atoms with Crippen LogP contribution in [-0.4, -0.2) is 5.11 Å². The van der Waals surface area contributed by atoms with E-state index in [9.17, 15) is 0 Å². The Labute approximate surface area is 132 Å². The van der Waals surface area contributed by atoms with Crippen molar-refractivity contribution in [1.82, 2.24) is 0 Å². The fourth-order valence-electron chi connectivity index (χ4n) is 2.01. The number of hydrogen-bond donors (Lipinski definition) is 1. The zero-order valence-electron chi connectivity index (χ0n) is 12.7. The van der Waals surface area contributed by atoms with E-state index in [1.54, 1.807) is 6.07 Å². The Kier molecular flexibility index (Phi) is 5.56. The molecule has 3 aromatic rings. The first-order valence-electron chi connectivity index (χ1n) is 7.23. The van der Waals surface area contributed by atoms with E-state index in [1.165, 1.54) is 11.1 Å². The number of para-hydroxylation sites is 1. The van der Waals surface area contributed by atoms with Crippen LogP contribution in [0.2, 0.25) is 0 Å². The summed E-state index contributed by atoms with van der Waals surface area (Å²) < 4.78 is 0. The molecule has 0 aromatic heterocycles. The molecule has 0 atom stereocenters. The van der Waals surface area contributed by atoms with Crippen molar-refractivity contribution in [3.05, 3.63) is 108 Å². The molecule has 1 N–H and O–H groups in total. The summed E-state index contributed by atoms with van der Waals surface area (Å²) in [5.41, 5.74) is 4.36. The molecule has 0 radical (unpaired) electrons. The summed E-state index contributed by atoms with van der Waals surface area (Å²) in [5, 5.41) is 8.92. The van der Waals surface area contributed by atoms with Crippen LogP contribution in [-0.2, 0) is 0 Å². The molecule has 0 bridgehead atoms. The smallest absolute Gasteiger partial charge is 0.118 e. The molecule has 1 nitrogen and oxygen atoms in total. The highest BCUT2D eigenvalue weighted by atomic mass is 16.3. The molecule has 3 rings (SSSR count).